The SMILES string of the molecule is [2H]c1c([2H])c([2H])c(-c2c([2H])c([2H])c3c(c2[2H])c2c([2H])c([2H])c([2H])c([2H])c2n3-c2cccc3oc4ccccc4c23)c(-c2c([2H])c([2H])c3c(c2[2H])c2c([2H])c([2H])c([2H])c([2H])c2n3-c2cccc([Si](c3ccccc3)(c3ccccc3)c3ccccc3)c2)c1[2H]. The van der Waals surface area contributed by atoms with Crippen LogP contribution in [0.3, 0.4) is 0 Å². The van der Waals surface area contributed by atoms with Crippen molar-refractivity contribution < 1.29 is 29.1 Å². The zero-order valence-corrected chi connectivity index (χ0v) is 37.8. The standard InChI is InChI=1S/C66H44N2OSi/c1-4-21-48(22-5-1)70(49-23-6-2-7-24-49,50-25-8-3-9-26-50)51-27-18-20-47(44-51)67-59-33-15-12-30-54(59)57-42-45(38-40-61(57)67)52-28-10-11-29-53(52)46-39-41-62-58(43-46)55-31-13-16-34-60(55)68(62)63-35-19-37-65-66(63)56-32-14-17-36-64(56)69-65/h1-44H/i10D,11D,12D,13D,15D,16D,28D,29D,30D,31D,33D,34D,38D,39D,40D,41D,42D,43D. The summed E-state index contributed by atoms with van der Waals surface area (Å²) in [5, 5.41) is 3.96. The average Bonchev–Trinajstić information content (AvgIpc) is 1.54. The van der Waals surface area contributed by atoms with E-state index in [0.29, 0.717) is 27.6 Å². The Morgan fingerprint density at radius 3 is 1.44 bits per heavy atom. The molecule has 0 saturated heterocycles. The Labute approximate surface area is 431 Å². The highest BCUT2D eigenvalue weighted by Crippen LogP contribution is 2.42. The molecule has 4 heteroatoms. The highest BCUT2D eigenvalue weighted by Gasteiger charge is 2.41. The molecule has 0 N–H and O–H groups in total. The Kier molecular flexibility index (Phi) is 5.97. The molecule has 0 fully saturated rings. The smallest absolute Gasteiger partial charge is 0.179 e. The molecule has 0 aliphatic heterocycles. The highest BCUT2D eigenvalue weighted by atomic mass is 28.3. The fraction of sp³-hybridized carbons (Fsp3) is 0. The summed E-state index contributed by atoms with van der Waals surface area (Å²) < 4.78 is 181. The maximum atomic E-state index is 10.3. The lowest BCUT2D eigenvalue weighted by Crippen LogP contribution is -2.74. The molecule has 14 aromatic rings. The molecule has 3 heterocycles. The molecule has 0 saturated carbocycles. The van der Waals surface area contributed by atoms with Gasteiger partial charge in [-0.3, -0.25) is 0 Å². The Hall–Kier alpha value is -8.96. The number of aromatic nitrogens is 2. The van der Waals surface area contributed by atoms with Crippen LogP contribution in [0, 0.1) is 0 Å². The van der Waals surface area contributed by atoms with Crippen LogP contribution < -0.4 is 20.7 Å². The highest BCUT2D eigenvalue weighted by molar-refractivity contribution is 7.19. The second kappa shape index (κ2) is 16.1. The molecule has 0 aliphatic rings. The summed E-state index contributed by atoms with van der Waals surface area (Å²) in [6, 6.07) is 37.0. The van der Waals surface area contributed by atoms with E-state index in [1.165, 1.54) is 9.13 Å². The van der Waals surface area contributed by atoms with E-state index in [1.54, 1.807) is 48.5 Å². The van der Waals surface area contributed by atoms with Crippen LogP contribution in [0.4, 0.5) is 0 Å². The molecule has 0 bridgehead atoms. The number of furan rings is 1. The average molecular weight is 927 g/mol. The zero-order valence-electron chi connectivity index (χ0n) is 54.8. The quantitative estimate of drug-likeness (QED) is 0.110. The Morgan fingerprint density at radius 2 is 0.829 bits per heavy atom. The molecule has 3 aromatic heterocycles. The maximum absolute atomic E-state index is 10.3. The summed E-state index contributed by atoms with van der Waals surface area (Å²) >= 11 is 0. The van der Waals surface area contributed by atoms with Gasteiger partial charge in [-0.1, -0.05) is 200 Å². The molecule has 0 amide bonds. The molecule has 14 rings (SSSR count). The first kappa shape index (κ1) is 26.0. The number of benzene rings is 11. The lowest BCUT2D eigenvalue weighted by molar-refractivity contribution is 0.669. The van der Waals surface area contributed by atoms with Crippen LogP contribution in [-0.2, 0) is 0 Å². The van der Waals surface area contributed by atoms with Crippen molar-refractivity contribution in [3.05, 3.63) is 266 Å². The van der Waals surface area contributed by atoms with Gasteiger partial charge in [-0.2, -0.15) is 0 Å². The minimum atomic E-state index is -3.31. The largest absolute Gasteiger partial charge is 0.456 e. The molecule has 11 aromatic carbocycles. The van der Waals surface area contributed by atoms with E-state index in [0.717, 1.165) is 20.7 Å². The summed E-state index contributed by atoms with van der Waals surface area (Å²) in [5.41, 5.74) is -1.76. The number of para-hydroxylation sites is 3. The van der Waals surface area contributed by atoms with E-state index in [4.69, 9.17) is 12.6 Å². The molecule has 0 atom stereocenters. The number of fused-ring (bicyclic) bond motifs is 9. The second-order valence-corrected chi connectivity index (χ2v) is 20.8. The van der Waals surface area contributed by atoms with Gasteiger partial charge in [0.15, 0.2) is 8.07 Å². The minimum absolute atomic E-state index is 0.149. The van der Waals surface area contributed by atoms with Gasteiger partial charge in [-0.15, -0.1) is 0 Å². The lowest BCUT2D eigenvalue weighted by Gasteiger charge is -2.34. The number of hydrogen-bond acceptors (Lipinski definition) is 1. The minimum Gasteiger partial charge on any atom is -0.456 e. The summed E-state index contributed by atoms with van der Waals surface area (Å²) in [7, 11) is -3.31. The summed E-state index contributed by atoms with van der Waals surface area (Å²) in [6.45, 7) is 0. The van der Waals surface area contributed by atoms with Crippen LogP contribution in [0.5, 0.6) is 0 Å². The van der Waals surface area contributed by atoms with Gasteiger partial charge in [-0.25, -0.2) is 0 Å². The summed E-state index contributed by atoms with van der Waals surface area (Å²) in [6.07, 6.45) is 0. The van der Waals surface area contributed by atoms with Crippen molar-refractivity contribution >= 4 is 94.4 Å². The van der Waals surface area contributed by atoms with Crippen molar-refractivity contribution in [2.24, 2.45) is 0 Å². The Bertz CT molecular complexity index is 5280. The van der Waals surface area contributed by atoms with E-state index in [-0.39, 0.29) is 49.3 Å². The predicted octanol–water partition coefficient (Wildman–Crippen LogP) is 14.5. The van der Waals surface area contributed by atoms with Crippen LogP contribution in [-0.4, -0.2) is 17.2 Å². The van der Waals surface area contributed by atoms with Crippen LogP contribution >= 0.6 is 0 Å². The van der Waals surface area contributed by atoms with Gasteiger partial charge in [0.05, 0.1) is 57.8 Å². The first-order chi connectivity index (χ1) is 42.2. The lowest BCUT2D eigenvalue weighted by atomic mass is 9.93. The molecule has 0 unspecified atom stereocenters. The Balaban J connectivity index is 1.10. The van der Waals surface area contributed by atoms with E-state index < -0.39 is 139 Å². The fourth-order valence-corrected chi connectivity index (χ4v) is 15.1. The van der Waals surface area contributed by atoms with Crippen molar-refractivity contribution in [2.75, 3.05) is 0 Å². The van der Waals surface area contributed by atoms with E-state index in [2.05, 4.69) is 36.4 Å². The summed E-state index contributed by atoms with van der Waals surface area (Å²) in [4.78, 5) is 0. The molecular weight excluding hydrogens is 865 g/mol. The van der Waals surface area contributed by atoms with Crippen molar-refractivity contribution in [1.82, 2.24) is 9.13 Å². The molecule has 0 radical (unpaired) electrons. The van der Waals surface area contributed by atoms with Crippen LogP contribution in [0.1, 0.15) is 24.7 Å². The van der Waals surface area contributed by atoms with Crippen molar-refractivity contribution in [3.63, 3.8) is 0 Å². The van der Waals surface area contributed by atoms with Crippen LogP contribution in [0.25, 0.3) is 99.2 Å². The number of nitrogens with zero attached hydrogens (tertiary/aromatic N) is 2. The molecule has 0 spiro atoms. The van der Waals surface area contributed by atoms with E-state index in [9.17, 15) is 16.4 Å². The fourth-order valence-electron chi connectivity index (χ4n) is 10.4. The van der Waals surface area contributed by atoms with Gasteiger partial charge < -0.3 is 13.6 Å². The van der Waals surface area contributed by atoms with Crippen molar-refractivity contribution in [3.8, 4) is 33.6 Å². The molecule has 70 heavy (non-hydrogen) atoms. The molecular formula is C66H44N2OSi. The first-order valence-corrected chi connectivity index (χ1v) is 24.6. The van der Waals surface area contributed by atoms with Crippen LogP contribution in [0.2, 0.25) is 0 Å². The third-order valence-electron chi connectivity index (χ3n) is 13.3. The van der Waals surface area contributed by atoms with Crippen molar-refractivity contribution in [1.29, 1.82) is 0 Å². The van der Waals surface area contributed by atoms with Gasteiger partial charge in [0.25, 0.3) is 0 Å². The van der Waals surface area contributed by atoms with Crippen molar-refractivity contribution in [2.45, 2.75) is 0 Å². The predicted molar refractivity (Wildman–Crippen MR) is 297 cm³/mol. The van der Waals surface area contributed by atoms with Gasteiger partial charge >= 0.3 is 0 Å². The zero-order chi connectivity index (χ0) is 61.8. The third-order valence-corrected chi connectivity index (χ3v) is 18.1. The molecule has 328 valence electrons. The van der Waals surface area contributed by atoms with Gasteiger partial charge in [0, 0.05) is 32.6 Å². The maximum Gasteiger partial charge on any atom is 0.179 e. The molecule has 0 aliphatic carbocycles. The van der Waals surface area contributed by atoms with E-state index >= 15 is 0 Å². The van der Waals surface area contributed by atoms with Crippen LogP contribution in [0.15, 0.2) is 271 Å². The monoisotopic (exact) mass is 926 g/mol. The number of hydrogen-bond donors (Lipinski definition) is 0. The van der Waals surface area contributed by atoms with Gasteiger partial charge in [0.2, 0.25) is 0 Å². The summed E-state index contributed by atoms with van der Waals surface area (Å²) in [5.74, 6) is 0. The molecule has 3 nitrogen and oxygen atoms in total. The normalized spacial score (nSPS) is 15.6. The van der Waals surface area contributed by atoms with Gasteiger partial charge in [0.1, 0.15) is 11.2 Å². The third kappa shape index (κ3) is 6.07. The second-order valence-electron chi connectivity index (χ2n) is 17.0. The first-order valence-electron chi connectivity index (χ1n) is 31.6. The topological polar surface area (TPSA) is 23.0 Å². The van der Waals surface area contributed by atoms with Gasteiger partial charge in [-0.05, 0) is 110 Å². The number of rotatable bonds is 8. The Morgan fingerprint density at radius 1 is 0.357 bits per heavy atom. The van der Waals surface area contributed by atoms with E-state index in [1.807, 2.05) is 72.8 Å².